The molecule has 1 amide bonds. The van der Waals surface area contributed by atoms with E-state index in [-0.39, 0.29) is 11.7 Å². The normalized spacial score (nSPS) is 14.3. The molecule has 0 radical (unpaired) electrons. The average molecular weight is 337 g/mol. The van der Waals surface area contributed by atoms with Gasteiger partial charge in [-0.3, -0.25) is 9.59 Å². The largest absolute Gasteiger partial charge is 0.481 e. The fraction of sp³-hybridized carbons (Fsp3) is 0.333. The lowest BCUT2D eigenvalue weighted by atomic mass is 9.91. The summed E-state index contributed by atoms with van der Waals surface area (Å²) in [6.07, 6.45) is 3.82. The lowest BCUT2D eigenvalue weighted by Gasteiger charge is -2.22. The van der Waals surface area contributed by atoms with E-state index in [0.717, 1.165) is 25.0 Å². The van der Waals surface area contributed by atoms with Gasteiger partial charge in [0.25, 0.3) is 5.91 Å². The van der Waals surface area contributed by atoms with Gasteiger partial charge in [0.2, 0.25) is 0 Å². The van der Waals surface area contributed by atoms with Crippen molar-refractivity contribution in [2.45, 2.75) is 45.6 Å². The van der Waals surface area contributed by atoms with Crippen LogP contribution < -0.4 is 10.1 Å². The second-order valence-electron chi connectivity index (χ2n) is 6.49. The minimum Gasteiger partial charge on any atom is -0.481 e. The molecule has 25 heavy (non-hydrogen) atoms. The number of benzene rings is 2. The number of carbonyl (C=O) groups excluding carboxylic acids is 2. The van der Waals surface area contributed by atoms with Gasteiger partial charge in [-0.05, 0) is 68.9 Å². The number of anilines is 1. The molecular formula is C21H23NO3. The van der Waals surface area contributed by atoms with Crippen LogP contribution in [0.25, 0.3) is 0 Å². The Balaban J connectivity index is 1.69. The van der Waals surface area contributed by atoms with Crippen LogP contribution in [0, 0.1) is 0 Å². The number of amides is 1. The standard InChI is InChI=1S/C21H23NO3/c1-14(23)17-9-5-10-18(13-17)22-21(24)15(2)25-20-12-6-8-16-7-3-4-11-19(16)20/h5-6,8-10,12-13,15H,3-4,7,11H2,1-2H3,(H,22,24). The number of Topliss-reactive ketones (excluding diaryl/α,β-unsaturated/α-hetero) is 1. The van der Waals surface area contributed by atoms with Crippen molar-refractivity contribution >= 4 is 17.4 Å². The minimum absolute atomic E-state index is 0.0312. The molecule has 0 aliphatic heterocycles. The van der Waals surface area contributed by atoms with Crippen molar-refractivity contribution in [3.05, 3.63) is 59.2 Å². The van der Waals surface area contributed by atoms with Gasteiger partial charge in [0, 0.05) is 11.3 Å². The molecule has 1 unspecified atom stereocenters. The summed E-state index contributed by atoms with van der Waals surface area (Å²) < 4.78 is 5.95. The fourth-order valence-corrected chi connectivity index (χ4v) is 3.16. The number of ether oxygens (including phenoxy) is 1. The molecule has 0 saturated carbocycles. The molecule has 130 valence electrons. The zero-order chi connectivity index (χ0) is 17.8. The number of hydrogen-bond donors (Lipinski definition) is 1. The van der Waals surface area contributed by atoms with Crippen molar-refractivity contribution in [1.29, 1.82) is 0 Å². The first-order valence-electron chi connectivity index (χ1n) is 8.74. The Morgan fingerprint density at radius 1 is 1.08 bits per heavy atom. The molecule has 0 heterocycles. The predicted octanol–water partition coefficient (Wildman–Crippen LogP) is 4.17. The average Bonchev–Trinajstić information content (AvgIpc) is 2.62. The van der Waals surface area contributed by atoms with Gasteiger partial charge in [-0.1, -0.05) is 24.3 Å². The predicted molar refractivity (Wildman–Crippen MR) is 98.3 cm³/mol. The minimum atomic E-state index is -0.616. The molecule has 0 bridgehead atoms. The van der Waals surface area contributed by atoms with Gasteiger partial charge in [-0.2, -0.15) is 0 Å². The van der Waals surface area contributed by atoms with Crippen molar-refractivity contribution in [2.24, 2.45) is 0 Å². The summed E-state index contributed by atoms with van der Waals surface area (Å²) in [5.41, 5.74) is 3.73. The van der Waals surface area contributed by atoms with E-state index in [4.69, 9.17) is 4.74 Å². The maximum absolute atomic E-state index is 12.4. The number of aryl methyl sites for hydroxylation is 1. The summed E-state index contributed by atoms with van der Waals surface area (Å²) in [7, 11) is 0. The van der Waals surface area contributed by atoms with Crippen LogP contribution in [-0.2, 0) is 17.6 Å². The molecule has 4 heteroatoms. The van der Waals surface area contributed by atoms with Gasteiger partial charge >= 0.3 is 0 Å². The fourth-order valence-electron chi connectivity index (χ4n) is 3.16. The van der Waals surface area contributed by atoms with Crippen LogP contribution in [-0.4, -0.2) is 17.8 Å². The molecule has 1 N–H and O–H groups in total. The van der Waals surface area contributed by atoms with Gasteiger partial charge in [0.05, 0.1) is 0 Å². The quantitative estimate of drug-likeness (QED) is 0.833. The highest BCUT2D eigenvalue weighted by Gasteiger charge is 2.19. The number of nitrogens with one attached hydrogen (secondary N) is 1. The van der Waals surface area contributed by atoms with Crippen LogP contribution in [0.2, 0.25) is 0 Å². The third-order valence-corrected chi connectivity index (χ3v) is 4.56. The first-order valence-corrected chi connectivity index (χ1v) is 8.74. The molecule has 2 aromatic carbocycles. The smallest absolute Gasteiger partial charge is 0.265 e. The Hall–Kier alpha value is -2.62. The summed E-state index contributed by atoms with van der Waals surface area (Å²) in [5.74, 6) is 0.544. The lowest BCUT2D eigenvalue weighted by Crippen LogP contribution is -2.30. The summed E-state index contributed by atoms with van der Waals surface area (Å²) in [5, 5.41) is 2.82. The van der Waals surface area contributed by atoms with E-state index in [1.165, 1.54) is 24.5 Å². The third kappa shape index (κ3) is 4.08. The van der Waals surface area contributed by atoms with Gasteiger partial charge in [-0.25, -0.2) is 0 Å². The van der Waals surface area contributed by atoms with E-state index < -0.39 is 6.10 Å². The first-order chi connectivity index (χ1) is 12.0. The number of fused-ring (bicyclic) bond motifs is 1. The van der Waals surface area contributed by atoms with Crippen molar-refractivity contribution in [3.63, 3.8) is 0 Å². The van der Waals surface area contributed by atoms with E-state index in [9.17, 15) is 9.59 Å². The van der Waals surface area contributed by atoms with Gasteiger partial charge in [-0.15, -0.1) is 0 Å². The Kier molecular flexibility index (Phi) is 5.17. The van der Waals surface area contributed by atoms with Crippen LogP contribution in [0.4, 0.5) is 5.69 Å². The molecule has 1 aliphatic carbocycles. The second kappa shape index (κ2) is 7.51. The maximum atomic E-state index is 12.4. The Labute approximate surface area is 148 Å². The molecule has 0 fully saturated rings. The van der Waals surface area contributed by atoms with E-state index in [0.29, 0.717) is 11.3 Å². The zero-order valence-electron chi connectivity index (χ0n) is 14.7. The highest BCUT2D eigenvalue weighted by molar-refractivity contribution is 5.98. The molecule has 3 rings (SSSR count). The second-order valence-corrected chi connectivity index (χ2v) is 6.49. The molecule has 0 saturated heterocycles. The van der Waals surface area contributed by atoms with Crippen LogP contribution in [0.15, 0.2) is 42.5 Å². The summed E-state index contributed by atoms with van der Waals surface area (Å²) in [6.45, 7) is 3.25. The zero-order valence-corrected chi connectivity index (χ0v) is 14.7. The SMILES string of the molecule is CC(=O)c1cccc(NC(=O)C(C)Oc2cccc3c2CCCC3)c1. The molecule has 4 nitrogen and oxygen atoms in total. The Morgan fingerprint density at radius 2 is 1.84 bits per heavy atom. The molecule has 2 aromatic rings. The number of hydrogen-bond acceptors (Lipinski definition) is 3. The lowest BCUT2D eigenvalue weighted by molar-refractivity contribution is -0.122. The van der Waals surface area contributed by atoms with E-state index in [2.05, 4.69) is 11.4 Å². The van der Waals surface area contributed by atoms with Crippen LogP contribution in [0.1, 0.15) is 48.2 Å². The van der Waals surface area contributed by atoms with E-state index in [1.807, 2.05) is 12.1 Å². The van der Waals surface area contributed by atoms with Crippen LogP contribution in [0.3, 0.4) is 0 Å². The van der Waals surface area contributed by atoms with Gasteiger partial charge in [0.15, 0.2) is 11.9 Å². The molecule has 0 aromatic heterocycles. The third-order valence-electron chi connectivity index (χ3n) is 4.56. The van der Waals surface area contributed by atoms with Crippen molar-refractivity contribution in [2.75, 3.05) is 5.32 Å². The van der Waals surface area contributed by atoms with Gasteiger partial charge < -0.3 is 10.1 Å². The van der Waals surface area contributed by atoms with Crippen molar-refractivity contribution < 1.29 is 14.3 Å². The van der Waals surface area contributed by atoms with E-state index >= 15 is 0 Å². The van der Waals surface area contributed by atoms with Crippen LogP contribution >= 0.6 is 0 Å². The Bertz CT molecular complexity index is 797. The monoisotopic (exact) mass is 337 g/mol. The van der Waals surface area contributed by atoms with Crippen molar-refractivity contribution in [3.8, 4) is 5.75 Å². The molecular weight excluding hydrogens is 314 g/mol. The summed E-state index contributed by atoms with van der Waals surface area (Å²) >= 11 is 0. The van der Waals surface area contributed by atoms with Crippen molar-refractivity contribution in [1.82, 2.24) is 0 Å². The molecule has 1 aliphatic rings. The number of ketones is 1. The highest BCUT2D eigenvalue weighted by Crippen LogP contribution is 2.30. The van der Waals surface area contributed by atoms with E-state index in [1.54, 1.807) is 31.2 Å². The van der Waals surface area contributed by atoms with Gasteiger partial charge in [0.1, 0.15) is 5.75 Å². The summed E-state index contributed by atoms with van der Waals surface area (Å²) in [6, 6.07) is 13.0. The number of carbonyl (C=O) groups is 2. The first kappa shape index (κ1) is 17.2. The Morgan fingerprint density at radius 3 is 2.64 bits per heavy atom. The molecule has 1 atom stereocenters. The molecule has 0 spiro atoms. The number of rotatable bonds is 5. The summed E-state index contributed by atoms with van der Waals surface area (Å²) in [4.78, 5) is 23.9. The topological polar surface area (TPSA) is 55.4 Å². The van der Waals surface area contributed by atoms with Crippen LogP contribution in [0.5, 0.6) is 5.75 Å². The maximum Gasteiger partial charge on any atom is 0.265 e. The highest BCUT2D eigenvalue weighted by atomic mass is 16.5.